The van der Waals surface area contributed by atoms with Gasteiger partial charge in [0.25, 0.3) is 5.91 Å². The lowest BCUT2D eigenvalue weighted by atomic mass is 10.2. The van der Waals surface area contributed by atoms with Gasteiger partial charge < -0.3 is 14.8 Å². The number of carbonyl (C=O) groups excluding carboxylic acids is 1. The van der Waals surface area contributed by atoms with E-state index in [-0.39, 0.29) is 5.91 Å². The molecule has 0 bridgehead atoms. The Morgan fingerprint density at radius 2 is 1.93 bits per heavy atom. The fraction of sp³-hybridized carbons (Fsp3) is 0.238. The summed E-state index contributed by atoms with van der Waals surface area (Å²) in [6.07, 6.45) is 0. The van der Waals surface area contributed by atoms with Gasteiger partial charge in [0.2, 0.25) is 0 Å². The number of aromatic nitrogens is 1. The van der Waals surface area contributed by atoms with E-state index in [2.05, 4.69) is 24.1 Å². The van der Waals surface area contributed by atoms with E-state index in [1.807, 2.05) is 42.5 Å². The van der Waals surface area contributed by atoms with Crippen LogP contribution in [0.2, 0.25) is 0 Å². The number of hydrogen-bond donors (Lipinski definition) is 1. The highest BCUT2D eigenvalue weighted by Gasteiger charge is 2.13. The monoisotopic (exact) mass is 382 g/mol. The predicted molar refractivity (Wildman–Crippen MR) is 109 cm³/mol. The number of methoxy groups -OCH3 is 1. The summed E-state index contributed by atoms with van der Waals surface area (Å²) >= 11 is 1.43. The molecule has 3 aromatic rings. The largest absolute Gasteiger partial charge is 0.497 e. The van der Waals surface area contributed by atoms with Crippen LogP contribution in [0.15, 0.2) is 53.9 Å². The number of nitrogens with zero attached hydrogens (tertiary/aromatic N) is 1. The van der Waals surface area contributed by atoms with Gasteiger partial charge in [-0.05, 0) is 30.2 Å². The summed E-state index contributed by atoms with van der Waals surface area (Å²) in [7, 11) is 1.59. The second-order valence-electron chi connectivity index (χ2n) is 6.46. The first-order valence-corrected chi connectivity index (χ1v) is 9.57. The first-order valence-electron chi connectivity index (χ1n) is 8.69. The third-order valence-electron chi connectivity index (χ3n) is 3.73. The molecule has 6 heteroatoms. The maximum Gasteiger partial charge on any atom is 0.275 e. The van der Waals surface area contributed by atoms with Crippen LogP contribution in [0.25, 0.3) is 10.6 Å². The standard InChI is InChI=1S/C21H22N2O3S/c1-14(2)12-26-18-9-4-6-15(10-18)21-23-19(13-27-21)20(24)22-16-7-5-8-17(11-16)25-3/h4-11,13-14H,12H2,1-3H3,(H,22,24). The van der Waals surface area contributed by atoms with Crippen LogP contribution < -0.4 is 14.8 Å². The second-order valence-corrected chi connectivity index (χ2v) is 7.31. The lowest BCUT2D eigenvalue weighted by molar-refractivity contribution is 0.102. The molecular formula is C21H22N2O3S. The molecule has 1 amide bonds. The molecule has 3 rings (SSSR count). The molecule has 1 N–H and O–H groups in total. The van der Waals surface area contributed by atoms with Crippen LogP contribution in [0.4, 0.5) is 5.69 Å². The maximum absolute atomic E-state index is 12.5. The number of carbonyl (C=O) groups is 1. The van der Waals surface area contributed by atoms with Crippen LogP contribution in [0.3, 0.4) is 0 Å². The van der Waals surface area contributed by atoms with Crippen LogP contribution in [0, 0.1) is 5.92 Å². The van der Waals surface area contributed by atoms with Crippen molar-refractivity contribution >= 4 is 22.9 Å². The van der Waals surface area contributed by atoms with Crippen molar-refractivity contribution in [2.24, 2.45) is 5.92 Å². The summed E-state index contributed by atoms with van der Waals surface area (Å²) in [5.41, 5.74) is 1.98. The van der Waals surface area contributed by atoms with Gasteiger partial charge in [0.05, 0.1) is 13.7 Å². The smallest absolute Gasteiger partial charge is 0.275 e. The average Bonchev–Trinajstić information content (AvgIpc) is 3.17. The Balaban J connectivity index is 1.72. The average molecular weight is 382 g/mol. The molecule has 0 aliphatic heterocycles. The maximum atomic E-state index is 12.5. The molecule has 0 aliphatic carbocycles. The molecule has 2 aromatic carbocycles. The zero-order chi connectivity index (χ0) is 19.2. The quantitative estimate of drug-likeness (QED) is 0.617. The zero-order valence-corrected chi connectivity index (χ0v) is 16.4. The number of ether oxygens (including phenoxy) is 2. The third-order valence-corrected chi connectivity index (χ3v) is 4.62. The molecule has 0 unspecified atom stereocenters. The Morgan fingerprint density at radius 1 is 1.15 bits per heavy atom. The zero-order valence-electron chi connectivity index (χ0n) is 15.6. The minimum Gasteiger partial charge on any atom is -0.497 e. The van der Waals surface area contributed by atoms with E-state index in [0.717, 1.165) is 16.3 Å². The van der Waals surface area contributed by atoms with Crippen molar-refractivity contribution < 1.29 is 14.3 Å². The van der Waals surface area contributed by atoms with Crippen molar-refractivity contribution in [2.45, 2.75) is 13.8 Å². The summed E-state index contributed by atoms with van der Waals surface area (Å²) in [6, 6.07) is 15.0. The number of amides is 1. The van der Waals surface area contributed by atoms with Crippen molar-refractivity contribution in [3.05, 3.63) is 59.6 Å². The molecule has 0 fully saturated rings. The first kappa shape index (κ1) is 18.9. The molecule has 0 radical (unpaired) electrons. The van der Waals surface area contributed by atoms with E-state index in [1.165, 1.54) is 11.3 Å². The Hall–Kier alpha value is -2.86. The minimum absolute atomic E-state index is 0.252. The van der Waals surface area contributed by atoms with Crippen molar-refractivity contribution in [1.29, 1.82) is 0 Å². The third kappa shape index (κ3) is 5.08. The molecule has 0 spiro atoms. The van der Waals surface area contributed by atoms with E-state index in [4.69, 9.17) is 9.47 Å². The Labute approximate surface area is 163 Å². The van der Waals surface area contributed by atoms with E-state index >= 15 is 0 Å². The molecule has 5 nitrogen and oxygen atoms in total. The molecule has 1 heterocycles. The number of hydrogen-bond acceptors (Lipinski definition) is 5. The molecule has 0 saturated carbocycles. The topological polar surface area (TPSA) is 60.5 Å². The van der Waals surface area contributed by atoms with Gasteiger partial charge in [-0.3, -0.25) is 4.79 Å². The van der Waals surface area contributed by atoms with Crippen LogP contribution in [-0.2, 0) is 0 Å². The molecule has 1 aromatic heterocycles. The first-order chi connectivity index (χ1) is 13.0. The number of rotatable bonds is 7. The van der Waals surface area contributed by atoms with Crippen molar-refractivity contribution in [1.82, 2.24) is 4.98 Å². The van der Waals surface area contributed by atoms with Crippen molar-refractivity contribution in [2.75, 3.05) is 19.0 Å². The van der Waals surface area contributed by atoms with Crippen molar-refractivity contribution in [3.63, 3.8) is 0 Å². The van der Waals surface area contributed by atoms with Crippen molar-refractivity contribution in [3.8, 4) is 22.1 Å². The van der Waals surface area contributed by atoms with Crippen LogP contribution in [-0.4, -0.2) is 24.6 Å². The van der Waals surface area contributed by atoms with Gasteiger partial charge in [0.15, 0.2) is 0 Å². The lowest BCUT2D eigenvalue weighted by Crippen LogP contribution is -2.12. The number of nitrogens with one attached hydrogen (secondary N) is 1. The van der Waals surface area contributed by atoms with Gasteiger partial charge in [-0.15, -0.1) is 11.3 Å². The second kappa shape index (κ2) is 8.68. The van der Waals surface area contributed by atoms with E-state index in [0.29, 0.717) is 29.7 Å². The molecular weight excluding hydrogens is 360 g/mol. The SMILES string of the molecule is COc1cccc(NC(=O)c2csc(-c3cccc(OCC(C)C)c3)n2)c1. The normalized spacial score (nSPS) is 10.7. The fourth-order valence-corrected chi connectivity index (χ4v) is 3.19. The Morgan fingerprint density at radius 3 is 2.70 bits per heavy atom. The molecule has 0 saturated heterocycles. The van der Waals surface area contributed by atoms with Crippen LogP contribution in [0.1, 0.15) is 24.3 Å². The molecule has 27 heavy (non-hydrogen) atoms. The van der Waals surface area contributed by atoms with Gasteiger partial charge in [0.1, 0.15) is 22.2 Å². The van der Waals surface area contributed by atoms with E-state index in [1.54, 1.807) is 18.6 Å². The number of benzene rings is 2. The van der Waals surface area contributed by atoms with Gasteiger partial charge in [0, 0.05) is 22.7 Å². The molecule has 140 valence electrons. The Bertz CT molecular complexity index is 921. The van der Waals surface area contributed by atoms with Gasteiger partial charge in [-0.1, -0.05) is 32.0 Å². The van der Waals surface area contributed by atoms with E-state index in [9.17, 15) is 4.79 Å². The molecule has 0 aliphatic rings. The summed E-state index contributed by atoms with van der Waals surface area (Å²) in [5.74, 6) is 1.70. The minimum atomic E-state index is -0.252. The van der Waals surface area contributed by atoms with Gasteiger partial charge in [-0.25, -0.2) is 4.98 Å². The highest BCUT2D eigenvalue weighted by Crippen LogP contribution is 2.27. The summed E-state index contributed by atoms with van der Waals surface area (Å²) < 4.78 is 10.9. The summed E-state index contributed by atoms with van der Waals surface area (Å²) in [6.45, 7) is 4.88. The highest BCUT2D eigenvalue weighted by atomic mass is 32.1. The van der Waals surface area contributed by atoms with Gasteiger partial charge >= 0.3 is 0 Å². The fourth-order valence-electron chi connectivity index (χ4n) is 2.39. The van der Waals surface area contributed by atoms with Gasteiger partial charge in [-0.2, -0.15) is 0 Å². The van der Waals surface area contributed by atoms with Crippen LogP contribution >= 0.6 is 11.3 Å². The van der Waals surface area contributed by atoms with Crippen LogP contribution in [0.5, 0.6) is 11.5 Å². The predicted octanol–water partition coefficient (Wildman–Crippen LogP) is 5.11. The number of anilines is 1. The lowest BCUT2D eigenvalue weighted by Gasteiger charge is -2.09. The highest BCUT2D eigenvalue weighted by molar-refractivity contribution is 7.13. The van der Waals surface area contributed by atoms with E-state index < -0.39 is 0 Å². The summed E-state index contributed by atoms with van der Waals surface area (Å²) in [4.78, 5) is 16.9. The Kier molecular flexibility index (Phi) is 6.08. The molecule has 0 atom stereocenters. The summed E-state index contributed by atoms with van der Waals surface area (Å²) in [5, 5.41) is 5.38. The number of thiazole rings is 1.